The van der Waals surface area contributed by atoms with Crippen molar-refractivity contribution in [1.82, 2.24) is 29.9 Å². The Balaban J connectivity index is 0.00000124. The quantitative estimate of drug-likeness (QED) is 0.0247. The van der Waals surface area contributed by atoms with Crippen LogP contribution in [0.4, 0.5) is 0 Å². The molecule has 47 nitrogen and oxygen atoms in total. The number of nitrogens with one attached hydrogen (secondary N) is 2. The molecule has 2 saturated carbocycles. The number of fused-ring (bicyclic) bond motifs is 1. The smallest absolute Gasteiger partial charge is 0.369 e. The van der Waals surface area contributed by atoms with Crippen LogP contribution in [0.25, 0.3) is 5.65 Å². The Bertz CT molecular complexity index is 3630. The molecule has 2 aliphatic carbocycles. The van der Waals surface area contributed by atoms with Crippen molar-refractivity contribution in [3.8, 4) is 0 Å². The van der Waals surface area contributed by atoms with Gasteiger partial charge in [0.25, 0.3) is 15.2 Å². The predicted molar refractivity (Wildman–Crippen MR) is 373 cm³/mol. The number of hydrogen-bond acceptors (Lipinski definition) is 22. The second kappa shape index (κ2) is 42.6. The number of pyridine rings is 2. The van der Waals surface area contributed by atoms with E-state index in [-0.39, 0.29) is 29.9 Å². The van der Waals surface area contributed by atoms with Gasteiger partial charge >= 0.3 is 91.1 Å². The Labute approximate surface area is 600 Å². The van der Waals surface area contributed by atoms with Crippen LogP contribution in [0.1, 0.15) is 134 Å². The zero-order chi connectivity index (χ0) is 82.4. The van der Waals surface area contributed by atoms with Gasteiger partial charge in [0.05, 0.1) is 6.16 Å². The molecule has 105 heavy (non-hydrogen) atoms. The number of rotatable bonds is 30. The molecule has 3 heterocycles. The van der Waals surface area contributed by atoms with E-state index in [9.17, 15) is 70.1 Å². The van der Waals surface area contributed by atoms with Crippen molar-refractivity contribution in [3.05, 3.63) is 66.4 Å². The van der Waals surface area contributed by atoms with Gasteiger partial charge in [-0.3, -0.25) is 70.4 Å². The molecule has 5 rings (SSSR count). The molecule has 0 aliphatic heterocycles. The van der Waals surface area contributed by atoms with Gasteiger partial charge < -0.3 is 153 Å². The Kier molecular flexibility index (Phi) is 42.3. The van der Waals surface area contributed by atoms with Crippen molar-refractivity contribution >= 4 is 96.8 Å². The monoisotopic (exact) mass is 1760 g/mol. The molecular weight excluding hydrogens is 1660 g/mol. The van der Waals surface area contributed by atoms with Crippen LogP contribution in [0.2, 0.25) is 0 Å². The molecule has 1 unspecified atom stereocenters. The molecule has 618 valence electrons. The van der Waals surface area contributed by atoms with E-state index >= 15 is 0 Å². The Morgan fingerprint density at radius 1 is 0.486 bits per heavy atom. The highest BCUT2D eigenvalue weighted by Gasteiger charge is 2.61. The summed E-state index contributed by atoms with van der Waals surface area (Å²) >= 11 is 0. The van der Waals surface area contributed by atoms with E-state index in [2.05, 4.69) is 20.6 Å². The molecule has 0 aromatic carbocycles. The van der Waals surface area contributed by atoms with E-state index in [1.807, 2.05) is 6.92 Å². The Morgan fingerprint density at radius 2 is 0.867 bits per heavy atom. The van der Waals surface area contributed by atoms with Crippen molar-refractivity contribution in [3.63, 3.8) is 0 Å². The summed E-state index contributed by atoms with van der Waals surface area (Å²) in [5.41, 5.74) is 1.30. The first-order valence-corrected chi connectivity index (χ1v) is 50.6. The van der Waals surface area contributed by atoms with E-state index in [1.54, 1.807) is 30.1 Å². The summed E-state index contributed by atoms with van der Waals surface area (Å²) in [7, 11) is -59.9. The van der Waals surface area contributed by atoms with Crippen LogP contribution in [0.3, 0.4) is 0 Å². The van der Waals surface area contributed by atoms with Gasteiger partial charge in [-0.15, -0.1) is 0 Å². The zero-order valence-electron chi connectivity index (χ0n) is 56.1. The topological polar surface area (TPSA) is 855 Å². The van der Waals surface area contributed by atoms with Crippen molar-refractivity contribution in [1.29, 1.82) is 0 Å². The average Bonchev–Trinajstić information content (AvgIpc) is 1.54. The first kappa shape index (κ1) is 104. The lowest BCUT2D eigenvalue weighted by Gasteiger charge is -2.30. The second-order valence-electron chi connectivity index (χ2n) is 24.3. The standard InChI is InChI=1S/C10H25NO7P2.C9H12N2O7P2.C9H21NO6P2.C8H19NO6P2.C7H11NO7P2.C3H11NO7P2/c1-3-4-5-7-11(2)8-6-10(12,20(16,17)18)9-19(13,14)15;12-9(19(13,14)15,20(16,17)18)5-7-6-10-8-3-1-2-4-11(7)8;11-17(12,13)9(18(14,15)16)10-8-6-4-2-1-3-5-7-8;10-16(11,12)8(17(13,14)15)9-7-5-3-1-2-4-6-7;9-7(16(10,11)12,17(13,14)15)4-6-2-1-3-8-5-6;4-2-1-3(5,12(6,7)8)13(9,10)11/h12H,3-9H2,1-2H3,(H2,13,14,15)(H2,16,17,18);1-4,6,12H,5H2,(H2,13,14,15)(H2,16,17,18);8-10H,1-7H2,(H2,11,12,13)(H2,14,15,16);7-9H,1-6H2,(H2,10,11,12)(H2,13,14,15);1-3,5,9H,4H2,(H2,10,11,12)(H2,13,14,15);5H,1-2,4H2,(H2,6,7,8)(H2,9,10,11). The lowest BCUT2D eigenvalue weighted by molar-refractivity contribution is 0.0869. The summed E-state index contributed by atoms with van der Waals surface area (Å²) in [6, 6.07) is 7.14. The Hall–Kier alpha value is -0.680. The maximum atomic E-state index is 11.3. The van der Waals surface area contributed by atoms with Gasteiger partial charge in [-0.25, -0.2) is 4.98 Å². The molecule has 32 N–H and O–H groups in total. The lowest BCUT2D eigenvalue weighted by atomic mass is 9.97. The number of nitrogens with two attached hydrogens (primary N) is 1. The van der Waals surface area contributed by atoms with Gasteiger partial charge in [0.2, 0.25) is 11.0 Å². The van der Waals surface area contributed by atoms with Crippen LogP contribution < -0.4 is 16.4 Å². The summed E-state index contributed by atoms with van der Waals surface area (Å²) < 4.78 is 134. The zero-order valence-corrected chi connectivity index (χ0v) is 66.9. The number of nitrogens with zero attached hydrogens (tertiary/aromatic N) is 4. The molecule has 0 bridgehead atoms. The first-order chi connectivity index (χ1) is 47.0. The fraction of sp³-hybridized carbons (Fsp3) is 0.739. The SMILES string of the molecule is CCCCCN(C)CCC(O)(CP(=O)(O)O)P(=O)(O)O.NCCC(O)(P(=O)(O)O)P(=O)(O)O.O=P(O)(O)C(NC1CCCCCC1)P(=O)(O)O.O=P(O)(O)C(NC1CCCCCCC1)P(=O)(O)O.O=P(O)(O)C(O)(Cc1cccnc1)P(=O)(O)O.O=P(O)(O)C(O)(Cc1cnc2ccccn12)P(=O)(O)O. The molecule has 2 aliphatic rings. The summed E-state index contributed by atoms with van der Waals surface area (Å²) in [6.45, 7) is 2.44. The molecular formula is C46H99N7O40P12. The largest absolute Gasteiger partial charge is 0.377 e. The van der Waals surface area contributed by atoms with Gasteiger partial charge in [-0.1, -0.05) is 89.7 Å². The molecule has 0 saturated heterocycles. The summed E-state index contributed by atoms with van der Waals surface area (Å²) in [4.78, 5) is 223. The number of hydrogen-bond donors (Lipinski definition) is 31. The van der Waals surface area contributed by atoms with E-state index in [4.69, 9.17) is 128 Å². The van der Waals surface area contributed by atoms with Crippen molar-refractivity contribution in [2.45, 2.75) is 179 Å². The van der Waals surface area contributed by atoms with E-state index in [0.717, 1.165) is 83.2 Å². The molecule has 1 atom stereocenters. The molecule has 3 aromatic rings. The maximum absolute atomic E-state index is 11.3. The van der Waals surface area contributed by atoms with E-state index in [1.165, 1.54) is 35.1 Å². The van der Waals surface area contributed by atoms with Gasteiger partial charge in [0, 0.05) is 74.8 Å². The van der Waals surface area contributed by atoms with E-state index < -0.39 is 161 Å². The van der Waals surface area contributed by atoms with Crippen LogP contribution in [0, 0.1) is 0 Å². The molecule has 59 heteroatoms. The van der Waals surface area contributed by atoms with Crippen molar-refractivity contribution in [2.24, 2.45) is 5.73 Å². The highest BCUT2D eigenvalue weighted by molar-refractivity contribution is 7.73. The van der Waals surface area contributed by atoms with Gasteiger partial charge in [-0.2, -0.15) is 0 Å². The minimum Gasteiger partial charge on any atom is -0.377 e. The van der Waals surface area contributed by atoms with Crippen molar-refractivity contribution < 1.29 is 193 Å². The third-order valence-electron chi connectivity index (χ3n) is 15.4. The number of aromatic nitrogens is 3. The number of aliphatic hydroxyl groups is 4. The maximum Gasteiger partial charge on any atom is 0.369 e. The van der Waals surface area contributed by atoms with Gasteiger partial charge in [-0.05, 0) is 76.0 Å². The van der Waals surface area contributed by atoms with Gasteiger partial charge in [0.1, 0.15) is 5.65 Å². The predicted octanol–water partition coefficient (Wildman–Crippen LogP) is 0.649. The van der Waals surface area contributed by atoms with Crippen LogP contribution in [0.5, 0.6) is 0 Å². The van der Waals surface area contributed by atoms with Crippen LogP contribution in [0.15, 0.2) is 55.1 Å². The summed E-state index contributed by atoms with van der Waals surface area (Å²) in [5, 5.41) is 30.4. The van der Waals surface area contributed by atoms with Crippen LogP contribution >= 0.6 is 91.1 Å². The van der Waals surface area contributed by atoms with Gasteiger partial charge in [0.15, 0.2) is 5.34 Å². The first-order valence-electron chi connectivity index (χ1n) is 30.8. The molecule has 0 amide bonds. The molecule has 2 fully saturated rings. The third kappa shape index (κ3) is 35.7. The van der Waals surface area contributed by atoms with Crippen LogP contribution in [-0.2, 0) is 67.6 Å². The van der Waals surface area contributed by atoms with Crippen molar-refractivity contribution in [2.75, 3.05) is 32.8 Å². The molecule has 0 radical (unpaired) electrons. The Morgan fingerprint density at radius 3 is 1.18 bits per heavy atom. The normalized spacial score (nSPS) is 16.7. The average molecular weight is 1760 g/mol. The highest BCUT2D eigenvalue weighted by atomic mass is 31.3. The summed E-state index contributed by atoms with van der Waals surface area (Å²) in [5.74, 6) is 0. The number of unbranched alkanes of at least 4 members (excludes halogenated alkanes) is 2. The number of imidazole rings is 1. The minimum atomic E-state index is -5.48. The molecule has 0 spiro atoms. The van der Waals surface area contributed by atoms with Crippen LogP contribution in [-0.4, -0.2) is 234 Å². The second-order valence-corrected chi connectivity index (χ2v) is 47.5. The van der Waals surface area contributed by atoms with E-state index in [0.29, 0.717) is 37.9 Å². The lowest BCUT2D eigenvalue weighted by Crippen LogP contribution is -2.38. The fourth-order valence-corrected chi connectivity index (χ4v) is 23.3. The minimum absolute atomic E-state index is 0.0646. The fourth-order valence-electron chi connectivity index (χ4n) is 9.57. The highest BCUT2D eigenvalue weighted by Crippen LogP contribution is 2.71. The summed E-state index contributed by atoms with van der Waals surface area (Å²) in [6.07, 6.45) is 15.6. The molecule has 3 aromatic heterocycles. The third-order valence-corrected chi connectivity index (χ3v) is 36.2.